The van der Waals surface area contributed by atoms with Gasteiger partial charge >= 0.3 is 0 Å². The summed E-state index contributed by atoms with van der Waals surface area (Å²) in [5.74, 6) is 0. The third-order valence-electron chi connectivity index (χ3n) is 1.67. The van der Waals surface area contributed by atoms with Crippen LogP contribution in [0.2, 0.25) is 0 Å². The molecule has 0 fully saturated rings. The predicted molar refractivity (Wildman–Crippen MR) is 47.0 cm³/mol. The number of hydrogen-bond acceptors (Lipinski definition) is 2. The summed E-state index contributed by atoms with van der Waals surface area (Å²) in [4.78, 5) is 0. The molecule has 3 N–H and O–H groups in total. The largest absolute Gasteiger partial charge is 0.326 e. The average Bonchev–Trinajstić information content (AvgIpc) is 2.04. The molecule has 0 bridgehead atoms. The number of nitrogens with one attached hydrogen (secondary N) is 1. The summed E-state index contributed by atoms with van der Waals surface area (Å²) < 4.78 is 0. The van der Waals surface area contributed by atoms with E-state index in [0.717, 1.165) is 11.1 Å². The first-order valence-electron chi connectivity index (χ1n) is 3.58. The van der Waals surface area contributed by atoms with E-state index in [1.54, 1.807) is 0 Å². The standard InChI is InChI=1S/C9H12N2/c1-7-2-3-8(5-10)9(4-7)6-11/h2-5,10H,6,11H2,1H3. The highest BCUT2D eigenvalue weighted by atomic mass is 14.5. The van der Waals surface area contributed by atoms with Crippen LogP contribution >= 0.6 is 0 Å². The monoisotopic (exact) mass is 148 g/mol. The molecule has 0 radical (unpaired) electrons. The van der Waals surface area contributed by atoms with Gasteiger partial charge in [0.05, 0.1) is 0 Å². The Labute approximate surface area is 66.6 Å². The third kappa shape index (κ3) is 1.65. The maximum atomic E-state index is 7.08. The van der Waals surface area contributed by atoms with Crippen LogP contribution in [0.3, 0.4) is 0 Å². The number of rotatable bonds is 2. The molecule has 0 aliphatic carbocycles. The van der Waals surface area contributed by atoms with Gasteiger partial charge in [0.15, 0.2) is 0 Å². The van der Waals surface area contributed by atoms with Gasteiger partial charge in [-0.2, -0.15) is 0 Å². The molecule has 1 aromatic carbocycles. The van der Waals surface area contributed by atoms with Crippen molar-refractivity contribution in [1.82, 2.24) is 0 Å². The van der Waals surface area contributed by atoms with Crippen LogP contribution in [-0.2, 0) is 6.54 Å². The molecule has 0 spiro atoms. The summed E-state index contributed by atoms with van der Waals surface area (Å²) in [6.45, 7) is 2.53. The van der Waals surface area contributed by atoms with Crippen LogP contribution in [-0.4, -0.2) is 6.21 Å². The Hall–Kier alpha value is -1.15. The van der Waals surface area contributed by atoms with Gasteiger partial charge in [0.25, 0.3) is 0 Å². The van der Waals surface area contributed by atoms with Crippen molar-refractivity contribution in [2.75, 3.05) is 0 Å². The lowest BCUT2D eigenvalue weighted by molar-refractivity contribution is 1.06. The van der Waals surface area contributed by atoms with E-state index in [1.807, 2.05) is 25.1 Å². The van der Waals surface area contributed by atoms with Crippen LogP contribution in [0.5, 0.6) is 0 Å². The predicted octanol–water partition coefficient (Wildman–Crippen LogP) is 1.45. The first kappa shape index (κ1) is 7.95. The second-order valence-corrected chi connectivity index (χ2v) is 2.55. The Kier molecular flexibility index (Phi) is 2.39. The van der Waals surface area contributed by atoms with Crippen LogP contribution in [0.1, 0.15) is 16.7 Å². The quantitative estimate of drug-likeness (QED) is 0.613. The molecular formula is C9H12N2. The normalized spacial score (nSPS) is 9.64. The fourth-order valence-corrected chi connectivity index (χ4v) is 1.05. The molecule has 58 valence electrons. The van der Waals surface area contributed by atoms with E-state index in [4.69, 9.17) is 11.1 Å². The summed E-state index contributed by atoms with van der Waals surface area (Å²) in [5, 5.41) is 7.08. The number of benzene rings is 1. The number of nitrogens with two attached hydrogens (primary N) is 1. The van der Waals surface area contributed by atoms with Gasteiger partial charge < -0.3 is 11.1 Å². The van der Waals surface area contributed by atoms with Gasteiger partial charge in [0.2, 0.25) is 0 Å². The first-order valence-corrected chi connectivity index (χ1v) is 3.58. The average molecular weight is 148 g/mol. The highest BCUT2D eigenvalue weighted by Crippen LogP contribution is 2.08. The molecule has 2 heteroatoms. The lowest BCUT2D eigenvalue weighted by Crippen LogP contribution is -2.00. The maximum Gasteiger partial charge on any atom is 0.0253 e. The smallest absolute Gasteiger partial charge is 0.0253 e. The van der Waals surface area contributed by atoms with E-state index in [0.29, 0.717) is 6.54 Å². The van der Waals surface area contributed by atoms with E-state index in [-0.39, 0.29) is 0 Å². The van der Waals surface area contributed by atoms with Gasteiger partial charge in [-0.05, 0) is 18.1 Å². The third-order valence-corrected chi connectivity index (χ3v) is 1.67. The van der Waals surface area contributed by atoms with Crippen molar-refractivity contribution >= 4 is 6.21 Å². The van der Waals surface area contributed by atoms with Crippen molar-refractivity contribution in [3.05, 3.63) is 34.9 Å². The van der Waals surface area contributed by atoms with Gasteiger partial charge in [-0.1, -0.05) is 23.8 Å². The summed E-state index contributed by atoms with van der Waals surface area (Å²) in [6.07, 6.45) is 1.33. The molecule has 0 amide bonds. The van der Waals surface area contributed by atoms with Gasteiger partial charge in [-0.3, -0.25) is 0 Å². The Bertz CT molecular complexity index is 266. The summed E-state index contributed by atoms with van der Waals surface area (Å²) >= 11 is 0. The second-order valence-electron chi connectivity index (χ2n) is 2.55. The van der Waals surface area contributed by atoms with Gasteiger partial charge in [0.1, 0.15) is 0 Å². The van der Waals surface area contributed by atoms with Gasteiger partial charge in [-0.25, -0.2) is 0 Å². The Morgan fingerprint density at radius 2 is 2.27 bits per heavy atom. The Morgan fingerprint density at radius 1 is 1.55 bits per heavy atom. The Balaban J connectivity index is 3.16. The van der Waals surface area contributed by atoms with Crippen molar-refractivity contribution in [2.24, 2.45) is 5.73 Å². The minimum absolute atomic E-state index is 0.506. The molecule has 11 heavy (non-hydrogen) atoms. The minimum atomic E-state index is 0.506. The van der Waals surface area contributed by atoms with Crippen molar-refractivity contribution in [2.45, 2.75) is 13.5 Å². The summed E-state index contributed by atoms with van der Waals surface area (Å²) in [7, 11) is 0. The van der Waals surface area contributed by atoms with E-state index in [2.05, 4.69) is 0 Å². The summed E-state index contributed by atoms with van der Waals surface area (Å²) in [6, 6.07) is 5.92. The Morgan fingerprint density at radius 3 is 2.82 bits per heavy atom. The molecule has 1 aromatic rings. The van der Waals surface area contributed by atoms with Crippen molar-refractivity contribution < 1.29 is 0 Å². The highest BCUT2D eigenvalue weighted by Gasteiger charge is 1.96. The molecular weight excluding hydrogens is 136 g/mol. The number of aryl methyl sites for hydroxylation is 1. The minimum Gasteiger partial charge on any atom is -0.326 e. The van der Waals surface area contributed by atoms with Crippen molar-refractivity contribution in [1.29, 1.82) is 5.41 Å². The molecule has 0 saturated heterocycles. The molecule has 0 aromatic heterocycles. The van der Waals surface area contributed by atoms with Crippen LogP contribution in [0.4, 0.5) is 0 Å². The fraction of sp³-hybridized carbons (Fsp3) is 0.222. The van der Waals surface area contributed by atoms with E-state index >= 15 is 0 Å². The molecule has 0 heterocycles. The van der Waals surface area contributed by atoms with E-state index < -0.39 is 0 Å². The molecule has 1 rings (SSSR count). The van der Waals surface area contributed by atoms with Crippen LogP contribution in [0.15, 0.2) is 18.2 Å². The molecule has 0 saturated carbocycles. The summed E-state index contributed by atoms with van der Waals surface area (Å²) in [5.41, 5.74) is 8.64. The topological polar surface area (TPSA) is 49.9 Å². The number of hydrogen-bond donors (Lipinski definition) is 2. The molecule has 0 atom stereocenters. The lowest BCUT2D eigenvalue weighted by Gasteiger charge is -2.02. The maximum absolute atomic E-state index is 7.08. The van der Waals surface area contributed by atoms with Gasteiger partial charge in [-0.15, -0.1) is 0 Å². The van der Waals surface area contributed by atoms with Crippen LogP contribution < -0.4 is 5.73 Å². The van der Waals surface area contributed by atoms with Crippen molar-refractivity contribution in [3.8, 4) is 0 Å². The molecule has 0 aliphatic heterocycles. The van der Waals surface area contributed by atoms with Crippen LogP contribution in [0.25, 0.3) is 0 Å². The fourth-order valence-electron chi connectivity index (χ4n) is 1.05. The first-order chi connectivity index (χ1) is 5.27. The zero-order valence-electron chi connectivity index (χ0n) is 6.59. The molecule has 0 unspecified atom stereocenters. The van der Waals surface area contributed by atoms with Crippen molar-refractivity contribution in [3.63, 3.8) is 0 Å². The van der Waals surface area contributed by atoms with E-state index in [9.17, 15) is 0 Å². The van der Waals surface area contributed by atoms with Gasteiger partial charge in [0, 0.05) is 12.8 Å². The molecule has 2 nitrogen and oxygen atoms in total. The lowest BCUT2D eigenvalue weighted by atomic mass is 10.1. The van der Waals surface area contributed by atoms with Crippen LogP contribution in [0, 0.1) is 12.3 Å². The zero-order valence-corrected chi connectivity index (χ0v) is 6.59. The second kappa shape index (κ2) is 3.30. The zero-order chi connectivity index (χ0) is 8.27. The highest BCUT2D eigenvalue weighted by molar-refractivity contribution is 5.79. The molecule has 0 aliphatic rings. The van der Waals surface area contributed by atoms with E-state index in [1.165, 1.54) is 11.8 Å². The SMILES string of the molecule is Cc1ccc(C=N)c(CN)c1.